The molecular formula is C26H26F3N5O5S. The second-order valence-electron chi connectivity index (χ2n) is 9.22. The van der Waals surface area contributed by atoms with E-state index in [1.54, 1.807) is 6.07 Å². The summed E-state index contributed by atoms with van der Waals surface area (Å²) in [5.41, 5.74) is 0.753. The molecule has 0 saturated carbocycles. The van der Waals surface area contributed by atoms with Gasteiger partial charge in [-0.15, -0.1) is 0 Å². The van der Waals surface area contributed by atoms with Gasteiger partial charge < -0.3 is 20.6 Å². The summed E-state index contributed by atoms with van der Waals surface area (Å²) in [5, 5.41) is 13.9. The normalized spacial score (nSPS) is 17.3. The number of sulfone groups is 1. The van der Waals surface area contributed by atoms with Crippen LogP contribution in [0.4, 0.5) is 23.9 Å². The van der Waals surface area contributed by atoms with Gasteiger partial charge in [0.1, 0.15) is 5.82 Å². The molecule has 1 aliphatic rings. The molecule has 14 heteroatoms. The molecule has 2 unspecified atom stereocenters. The highest BCUT2D eigenvalue weighted by molar-refractivity contribution is 7.91. The predicted octanol–water partition coefficient (Wildman–Crippen LogP) is 3.73. The van der Waals surface area contributed by atoms with Gasteiger partial charge in [-0.1, -0.05) is 31.2 Å². The van der Waals surface area contributed by atoms with E-state index in [2.05, 4.69) is 20.6 Å². The van der Waals surface area contributed by atoms with E-state index in [1.807, 2.05) is 0 Å². The number of benzene rings is 2. The van der Waals surface area contributed by atoms with Crippen LogP contribution < -0.4 is 15.5 Å². The molecule has 0 aliphatic carbocycles. The Labute approximate surface area is 228 Å². The van der Waals surface area contributed by atoms with Crippen molar-refractivity contribution in [3.8, 4) is 0 Å². The van der Waals surface area contributed by atoms with Crippen LogP contribution in [0.3, 0.4) is 0 Å². The average Bonchev–Trinajstić information content (AvgIpc) is 3.26. The smallest absolute Gasteiger partial charge is 0.404 e. The minimum Gasteiger partial charge on any atom is -0.465 e. The average molecular weight is 578 g/mol. The second kappa shape index (κ2) is 11.5. The number of carbonyl (C=O) groups is 2. The molecule has 1 fully saturated rings. The van der Waals surface area contributed by atoms with Crippen LogP contribution in [0.5, 0.6) is 0 Å². The van der Waals surface area contributed by atoms with Crippen molar-refractivity contribution in [1.82, 2.24) is 20.6 Å². The Bertz CT molecular complexity index is 1490. The van der Waals surface area contributed by atoms with Gasteiger partial charge in [-0.2, -0.15) is 0 Å². The molecule has 3 N–H and O–H groups in total. The van der Waals surface area contributed by atoms with Crippen molar-refractivity contribution in [2.24, 2.45) is 0 Å². The molecule has 1 aromatic heterocycles. The molecular weight excluding hydrogens is 551 g/mol. The van der Waals surface area contributed by atoms with E-state index in [0.717, 1.165) is 12.4 Å². The summed E-state index contributed by atoms with van der Waals surface area (Å²) in [7, 11) is -3.46. The van der Waals surface area contributed by atoms with E-state index in [-0.39, 0.29) is 28.7 Å². The maximum atomic E-state index is 14.3. The van der Waals surface area contributed by atoms with Gasteiger partial charge in [0, 0.05) is 25.4 Å². The lowest BCUT2D eigenvalue weighted by atomic mass is 10.0. The molecule has 0 spiro atoms. The van der Waals surface area contributed by atoms with Crippen LogP contribution in [-0.2, 0) is 9.84 Å². The number of hydrogen-bond donors (Lipinski definition) is 3. The van der Waals surface area contributed by atoms with E-state index in [0.29, 0.717) is 11.1 Å². The minimum absolute atomic E-state index is 0.0254. The zero-order chi connectivity index (χ0) is 29.1. The Morgan fingerprint density at radius 2 is 1.82 bits per heavy atom. The van der Waals surface area contributed by atoms with Crippen LogP contribution in [0, 0.1) is 5.82 Å². The van der Waals surface area contributed by atoms with Crippen LogP contribution in [0.15, 0.2) is 65.8 Å². The van der Waals surface area contributed by atoms with Crippen molar-refractivity contribution in [3.63, 3.8) is 0 Å². The number of halogens is 3. The molecule has 0 bridgehead atoms. The molecule has 0 radical (unpaired) electrons. The molecule has 212 valence electrons. The van der Waals surface area contributed by atoms with Crippen molar-refractivity contribution in [2.75, 3.05) is 23.7 Å². The third-order valence-electron chi connectivity index (χ3n) is 6.44. The molecule has 1 saturated heterocycles. The lowest BCUT2D eigenvalue weighted by Gasteiger charge is -2.24. The number of rotatable bonds is 9. The molecule has 4 rings (SSSR count). The lowest BCUT2D eigenvalue weighted by Crippen LogP contribution is -2.37. The number of carboxylic acid groups (broad SMARTS) is 1. The van der Waals surface area contributed by atoms with Crippen LogP contribution >= 0.6 is 0 Å². The van der Waals surface area contributed by atoms with Gasteiger partial charge in [0.15, 0.2) is 9.84 Å². The summed E-state index contributed by atoms with van der Waals surface area (Å²) >= 11 is 0. The number of alkyl halides is 2. The van der Waals surface area contributed by atoms with Crippen LogP contribution in [0.25, 0.3) is 0 Å². The highest BCUT2D eigenvalue weighted by Crippen LogP contribution is 2.42. The Morgan fingerprint density at radius 3 is 2.42 bits per heavy atom. The first-order valence-electron chi connectivity index (χ1n) is 12.2. The molecule has 2 atom stereocenters. The third-order valence-corrected chi connectivity index (χ3v) is 8.20. The van der Waals surface area contributed by atoms with Gasteiger partial charge in [-0.3, -0.25) is 4.79 Å². The van der Waals surface area contributed by atoms with Crippen molar-refractivity contribution in [3.05, 3.63) is 83.4 Å². The van der Waals surface area contributed by atoms with E-state index < -0.39 is 58.6 Å². The fourth-order valence-corrected chi connectivity index (χ4v) is 5.27. The minimum atomic E-state index is -3.46. The zero-order valence-corrected chi connectivity index (χ0v) is 22.0. The van der Waals surface area contributed by atoms with Crippen molar-refractivity contribution >= 4 is 27.8 Å². The molecule has 2 aromatic carbocycles. The second-order valence-corrected chi connectivity index (χ2v) is 11.5. The quantitative estimate of drug-likeness (QED) is 0.349. The van der Waals surface area contributed by atoms with E-state index in [4.69, 9.17) is 5.11 Å². The van der Waals surface area contributed by atoms with Crippen LogP contribution in [0.1, 0.15) is 46.9 Å². The van der Waals surface area contributed by atoms with E-state index in [1.165, 1.54) is 54.3 Å². The zero-order valence-electron chi connectivity index (χ0n) is 21.2. The monoisotopic (exact) mass is 577 g/mol. The fourth-order valence-electron chi connectivity index (χ4n) is 4.38. The summed E-state index contributed by atoms with van der Waals surface area (Å²) in [6, 6.07) is 9.28. The molecule has 3 aromatic rings. The molecule has 2 heterocycles. The van der Waals surface area contributed by atoms with Gasteiger partial charge >= 0.3 is 6.09 Å². The fraction of sp³-hybridized carbons (Fsp3) is 0.308. The summed E-state index contributed by atoms with van der Waals surface area (Å²) in [6.45, 7) is 0.595. The SMILES string of the molecule is CCS(=O)(=O)c1ccc(C(CNC(=O)O)NC(=O)c2cnc(N3CC(F)(F)CC3c3cccc(F)c3)nc2)cc1. The number of hydrogen-bond acceptors (Lipinski definition) is 7. The Kier molecular flexibility index (Phi) is 8.28. The van der Waals surface area contributed by atoms with Gasteiger partial charge in [0.2, 0.25) is 5.95 Å². The number of carbonyl (C=O) groups excluding carboxylic acids is 1. The number of anilines is 1. The molecule has 10 nitrogen and oxygen atoms in total. The van der Waals surface area contributed by atoms with E-state index >= 15 is 0 Å². The van der Waals surface area contributed by atoms with Crippen LogP contribution in [0.2, 0.25) is 0 Å². The predicted molar refractivity (Wildman–Crippen MR) is 138 cm³/mol. The number of amides is 2. The Hall–Kier alpha value is -4.20. The Balaban J connectivity index is 1.53. The topological polar surface area (TPSA) is 142 Å². The molecule has 40 heavy (non-hydrogen) atoms. The first-order valence-corrected chi connectivity index (χ1v) is 13.9. The number of aromatic nitrogens is 2. The summed E-state index contributed by atoms with van der Waals surface area (Å²) in [4.78, 5) is 33.6. The van der Waals surface area contributed by atoms with Crippen molar-refractivity contribution in [2.45, 2.75) is 36.2 Å². The maximum absolute atomic E-state index is 14.3. The summed E-state index contributed by atoms with van der Waals surface area (Å²) < 4.78 is 66.6. The number of nitrogens with one attached hydrogen (secondary N) is 2. The first-order chi connectivity index (χ1) is 18.9. The van der Waals surface area contributed by atoms with Crippen LogP contribution in [-0.4, -0.2) is 60.3 Å². The first kappa shape index (κ1) is 28.8. The van der Waals surface area contributed by atoms with Crippen molar-refractivity contribution < 1.29 is 36.3 Å². The summed E-state index contributed by atoms with van der Waals surface area (Å²) in [5.74, 6) is -4.47. The van der Waals surface area contributed by atoms with Gasteiger partial charge in [-0.05, 0) is 35.4 Å². The third kappa shape index (κ3) is 6.68. The van der Waals surface area contributed by atoms with Crippen molar-refractivity contribution in [1.29, 1.82) is 0 Å². The van der Waals surface area contributed by atoms with E-state index in [9.17, 15) is 31.2 Å². The lowest BCUT2D eigenvalue weighted by molar-refractivity contribution is 0.0222. The van der Waals surface area contributed by atoms with Gasteiger partial charge in [-0.25, -0.2) is 36.4 Å². The standard InChI is InChI=1S/C26H26F3N5O5S/c1-2-40(38,39)20-8-6-16(7-9-20)21(14-32-25(36)37)33-23(35)18-12-30-24(31-13-18)34-15-26(28,29)11-22(34)17-4-3-5-19(27)10-17/h3-10,12-13,21-22,32H,2,11,14-15H2,1H3,(H,33,35)(H,36,37). The Morgan fingerprint density at radius 1 is 1.15 bits per heavy atom. The highest BCUT2D eigenvalue weighted by atomic mass is 32.2. The van der Waals surface area contributed by atoms with Gasteiger partial charge in [0.05, 0.1) is 34.8 Å². The maximum Gasteiger partial charge on any atom is 0.404 e. The highest BCUT2D eigenvalue weighted by Gasteiger charge is 2.46. The van der Waals surface area contributed by atoms with Gasteiger partial charge in [0.25, 0.3) is 11.8 Å². The number of nitrogens with zero attached hydrogens (tertiary/aromatic N) is 3. The molecule has 1 aliphatic heterocycles. The molecule has 2 amide bonds. The summed E-state index contributed by atoms with van der Waals surface area (Å²) in [6.07, 6.45) is 0.413. The largest absolute Gasteiger partial charge is 0.465 e.